The maximum absolute atomic E-state index is 11.9. The molecule has 1 aromatic rings. The Morgan fingerprint density at radius 2 is 1.91 bits per heavy atom. The molecule has 0 unspecified atom stereocenters. The van der Waals surface area contributed by atoms with Gasteiger partial charge in [-0.3, -0.25) is 4.79 Å². The topological polar surface area (TPSA) is 119 Å². The summed E-state index contributed by atoms with van der Waals surface area (Å²) in [5.74, 6) is 0.466. The summed E-state index contributed by atoms with van der Waals surface area (Å²) >= 11 is 0. The Labute approximate surface area is 136 Å². The van der Waals surface area contributed by atoms with Crippen molar-refractivity contribution >= 4 is 35.7 Å². The number of nitrogens with two attached hydrogens (primary N) is 2. The maximum Gasteiger partial charge on any atom is 0.316 e. The summed E-state index contributed by atoms with van der Waals surface area (Å²) in [5, 5.41) is 5.14. The van der Waals surface area contributed by atoms with Gasteiger partial charge in [0.05, 0.1) is 18.8 Å². The number of halogens is 1. The van der Waals surface area contributed by atoms with Gasteiger partial charge in [-0.15, -0.1) is 12.4 Å². The van der Waals surface area contributed by atoms with Gasteiger partial charge in [0.25, 0.3) is 0 Å². The Kier molecular flexibility index (Phi) is 8.29. The van der Waals surface area contributed by atoms with Crippen molar-refractivity contribution in [1.29, 1.82) is 0 Å². The molecular weight excluding hydrogens is 308 g/mol. The molecule has 1 rings (SSSR count). The molecule has 3 amide bonds. The van der Waals surface area contributed by atoms with E-state index in [0.717, 1.165) is 0 Å². The van der Waals surface area contributed by atoms with E-state index in [2.05, 4.69) is 10.6 Å². The van der Waals surface area contributed by atoms with Crippen molar-refractivity contribution in [1.82, 2.24) is 0 Å². The van der Waals surface area contributed by atoms with Crippen LogP contribution in [0, 0.1) is 5.92 Å². The van der Waals surface area contributed by atoms with E-state index in [1.54, 1.807) is 18.2 Å². The quantitative estimate of drug-likeness (QED) is 0.637. The monoisotopic (exact) mass is 330 g/mol. The molecule has 0 radical (unpaired) electrons. The summed E-state index contributed by atoms with van der Waals surface area (Å²) in [6.45, 7) is 4.00. The minimum Gasteiger partial charge on any atom is -0.494 e. The van der Waals surface area contributed by atoms with Crippen LogP contribution in [0.15, 0.2) is 18.2 Å². The van der Waals surface area contributed by atoms with Crippen LogP contribution in [-0.2, 0) is 4.79 Å². The van der Waals surface area contributed by atoms with Crippen LogP contribution < -0.4 is 26.8 Å². The van der Waals surface area contributed by atoms with Gasteiger partial charge >= 0.3 is 6.03 Å². The second-order valence-electron chi connectivity index (χ2n) is 5.13. The van der Waals surface area contributed by atoms with E-state index >= 15 is 0 Å². The first-order valence-corrected chi connectivity index (χ1v) is 6.64. The lowest BCUT2D eigenvalue weighted by molar-refractivity contribution is -0.117. The van der Waals surface area contributed by atoms with E-state index in [0.29, 0.717) is 29.5 Å². The third kappa shape index (κ3) is 6.19. The number of hydrogen-bond donors (Lipinski definition) is 4. The summed E-state index contributed by atoms with van der Waals surface area (Å²) in [4.78, 5) is 22.8. The number of amides is 3. The molecule has 0 saturated heterocycles. The second kappa shape index (κ2) is 9.11. The first kappa shape index (κ1) is 20.0. The van der Waals surface area contributed by atoms with Gasteiger partial charge in [0.1, 0.15) is 5.75 Å². The minimum absolute atomic E-state index is 0. The van der Waals surface area contributed by atoms with Gasteiger partial charge in [-0.1, -0.05) is 13.8 Å². The van der Waals surface area contributed by atoms with Crippen LogP contribution in [0.25, 0.3) is 0 Å². The number of carbonyl (C=O) groups is 2. The summed E-state index contributed by atoms with van der Waals surface area (Å²) in [6, 6.07) is 3.55. The van der Waals surface area contributed by atoms with Crippen molar-refractivity contribution in [2.75, 3.05) is 17.7 Å². The number of nitrogens with one attached hydrogen (secondary N) is 2. The highest BCUT2D eigenvalue weighted by molar-refractivity contribution is 5.96. The van der Waals surface area contributed by atoms with Crippen molar-refractivity contribution in [3.8, 4) is 5.75 Å². The molecule has 0 aliphatic carbocycles. The number of methoxy groups -OCH3 is 1. The Balaban J connectivity index is 0.00000441. The largest absolute Gasteiger partial charge is 0.494 e. The van der Waals surface area contributed by atoms with Gasteiger partial charge < -0.3 is 26.8 Å². The average molecular weight is 331 g/mol. The van der Waals surface area contributed by atoms with Crippen molar-refractivity contribution < 1.29 is 14.3 Å². The number of benzene rings is 1. The molecule has 1 aromatic carbocycles. The van der Waals surface area contributed by atoms with E-state index < -0.39 is 12.1 Å². The smallest absolute Gasteiger partial charge is 0.316 e. The fraction of sp³-hybridized carbons (Fsp3) is 0.429. The molecule has 124 valence electrons. The molecule has 6 N–H and O–H groups in total. The summed E-state index contributed by atoms with van der Waals surface area (Å²) in [5.41, 5.74) is 11.8. The van der Waals surface area contributed by atoms with Crippen molar-refractivity contribution in [2.24, 2.45) is 17.4 Å². The summed E-state index contributed by atoms with van der Waals surface area (Å²) in [6.07, 6.45) is 0.601. The molecule has 22 heavy (non-hydrogen) atoms. The molecule has 0 saturated carbocycles. The van der Waals surface area contributed by atoms with Crippen LogP contribution in [-0.4, -0.2) is 25.1 Å². The zero-order chi connectivity index (χ0) is 16.0. The van der Waals surface area contributed by atoms with Gasteiger partial charge in [-0.2, -0.15) is 0 Å². The molecule has 0 aliphatic rings. The van der Waals surface area contributed by atoms with Crippen LogP contribution in [0.1, 0.15) is 20.3 Å². The first-order valence-electron chi connectivity index (χ1n) is 6.64. The molecule has 0 fully saturated rings. The van der Waals surface area contributed by atoms with Crippen LogP contribution in [0.5, 0.6) is 5.75 Å². The lowest BCUT2D eigenvalue weighted by Gasteiger charge is -2.15. The van der Waals surface area contributed by atoms with E-state index in [1.165, 1.54) is 7.11 Å². The Morgan fingerprint density at radius 1 is 1.27 bits per heavy atom. The number of carbonyl (C=O) groups excluding carboxylic acids is 2. The fourth-order valence-corrected chi connectivity index (χ4v) is 1.85. The summed E-state index contributed by atoms with van der Waals surface area (Å²) in [7, 11) is 1.46. The Hall–Kier alpha value is -1.99. The Bertz CT molecular complexity index is 523. The highest BCUT2D eigenvalue weighted by Crippen LogP contribution is 2.27. The number of rotatable bonds is 6. The molecule has 1 atom stereocenters. The predicted octanol–water partition coefficient (Wildman–Crippen LogP) is 1.92. The van der Waals surface area contributed by atoms with Gasteiger partial charge in [0, 0.05) is 11.8 Å². The highest BCUT2D eigenvalue weighted by atomic mass is 35.5. The van der Waals surface area contributed by atoms with Gasteiger partial charge in [-0.25, -0.2) is 4.79 Å². The molecule has 0 heterocycles. The minimum atomic E-state index is -0.691. The zero-order valence-corrected chi connectivity index (χ0v) is 13.7. The lowest BCUT2D eigenvalue weighted by atomic mass is 10.0. The first-order chi connectivity index (χ1) is 9.83. The SMILES string of the molecule is COc1cc(NC(=O)[C@@H](N)CC(C)C)ccc1NC(N)=O.Cl. The van der Waals surface area contributed by atoms with E-state index in [1.807, 2.05) is 13.8 Å². The lowest BCUT2D eigenvalue weighted by Crippen LogP contribution is -2.36. The fourth-order valence-electron chi connectivity index (χ4n) is 1.85. The highest BCUT2D eigenvalue weighted by Gasteiger charge is 2.16. The molecule has 0 aromatic heterocycles. The molecular formula is C14H23ClN4O3. The average Bonchev–Trinajstić information content (AvgIpc) is 2.39. The number of urea groups is 1. The molecule has 0 aliphatic heterocycles. The van der Waals surface area contributed by atoms with Gasteiger partial charge in [-0.05, 0) is 24.5 Å². The van der Waals surface area contributed by atoms with Crippen LogP contribution in [0.2, 0.25) is 0 Å². The number of hydrogen-bond acceptors (Lipinski definition) is 4. The predicted molar refractivity (Wildman–Crippen MR) is 89.5 cm³/mol. The normalized spacial score (nSPS) is 11.3. The van der Waals surface area contributed by atoms with Gasteiger partial charge in [0.15, 0.2) is 0 Å². The van der Waals surface area contributed by atoms with Crippen LogP contribution in [0.3, 0.4) is 0 Å². The molecule has 0 bridgehead atoms. The molecule has 0 spiro atoms. The van der Waals surface area contributed by atoms with Crippen LogP contribution in [0.4, 0.5) is 16.2 Å². The third-order valence-corrected chi connectivity index (χ3v) is 2.79. The maximum atomic E-state index is 11.9. The number of anilines is 2. The van der Waals surface area contributed by atoms with Crippen molar-refractivity contribution in [3.05, 3.63) is 18.2 Å². The van der Waals surface area contributed by atoms with Crippen molar-refractivity contribution in [2.45, 2.75) is 26.3 Å². The standard InChI is InChI=1S/C14H22N4O3.ClH/c1-8(2)6-10(15)13(19)17-9-4-5-11(18-14(16)20)12(7-9)21-3;/h4-5,7-8,10H,6,15H2,1-3H3,(H,17,19)(H3,16,18,20);1H/t10-;/m0./s1. The van der Waals surface area contributed by atoms with E-state index in [9.17, 15) is 9.59 Å². The number of ether oxygens (including phenoxy) is 1. The van der Waals surface area contributed by atoms with E-state index in [-0.39, 0.29) is 18.3 Å². The van der Waals surface area contributed by atoms with Gasteiger partial charge in [0.2, 0.25) is 5.91 Å². The Morgan fingerprint density at radius 3 is 2.41 bits per heavy atom. The summed E-state index contributed by atoms with van der Waals surface area (Å²) < 4.78 is 5.14. The molecule has 7 nitrogen and oxygen atoms in total. The van der Waals surface area contributed by atoms with Crippen molar-refractivity contribution in [3.63, 3.8) is 0 Å². The zero-order valence-electron chi connectivity index (χ0n) is 12.9. The van der Waals surface area contributed by atoms with Crippen LogP contribution >= 0.6 is 12.4 Å². The number of primary amides is 1. The second-order valence-corrected chi connectivity index (χ2v) is 5.13. The van der Waals surface area contributed by atoms with E-state index in [4.69, 9.17) is 16.2 Å². The third-order valence-electron chi connectivity index (χ3n) is 2.79. The molecule has 8 heteroatoms.